The molecule has 0 radical (unpaired) electrons. The first kappa shape index (κ1) is 15.2. The lowest BCUT2D eigenvalue weighted by molar-refractivity contribution is 0.598. The summed E-state index contributed by atoms with van der Waals surface area (Å²) in [5.74, 6) is 0.263. The number of anilines is 1. The van der Waals surface area contributed by atoms with E-state index in [1.54, 1.807) is 6.21 Å². The van der Waals surface area contributed by atoms with E-state index >= 15 is 0 Å². The van der Waals surface area contributed by atoms with E-state index < -0.39 is 10.0 Å². The van der Waals surface area contributed by atoms with Crippen molar-refractivity contribution in [3.8, 4) is 0 Å². The quantitative estimate of drug-likeness (QED) is 0.662. The van der Waals surface area contributed by atoms with Gasteiger partial charge in [0, 0.05) is 6.21 Å². The van der Waals surface area contributed by atoms with Crippen molar-refractivity contribution in [2.75, 3.05) is 5.43 Å². The molecule has 0 atom stereocenters. The molecule has 1 aromatic carbocycles. The molecule has 3 N–H and O–H groups in total. The van der Waals surface area contributed by atoms with Gasteiger partial charge in [0.15, 0.2) is 0 Å². The fourth-order valence-corrected chi connectivity index (χ4v) is 2.34. The molecule has 0 saturated heterocycles. The fraction of sp³-hybridized carbons (Fsp3) is 0.300. The molecule has 0 bridgehead atoms. The molecule has 8 heteroatoms. The van der Waals surface area contributed by atoms with Crippen LogP contribution in [0.15, 0.2) is 22.1 Å². The number of nitrogens with zero attached hydrogens (tertiary/aromatic N) is 1. The largest absolute Gasteiger partial charge is 0.276 e. The molecule has 0 unspecified atom stereocenters. The number of rotatable bonds is 4. The Labute approximate surface area is 116 Å². The van der Waals surface area contributed by atoms with E-state index in [-0.39, 0.29) is 20.9 Å². The maximum Gasteiger partial charge on any atom is 0.238 e. The van der Waals surface area contributed by atoms with Gasteiger partial charge in [-0.25, -0.2) is 13.6 Å². The Morgan fingerprint density at radius 3 is 2.22 bits per heavy atom. The molecule has 100 valence electrons. The molecule has 0 aliphatic carbocycles. The van der Waals surface area contributed by atoms with Crippen LogP contribution in [0.25, 0.3) is 0 Å². The topological polar surface area (TPSA) is 84.5 Å². The zero-order chi connectivity index (χ0) is 13.9. The van der Waals surface area contributed by atoms with Crippen LogP contribution >= 0.6 is 23.2 Å². The molecular weight excluding hydrogens is 297 g/mol. The number of hydrogen-bond donors (Lipinski definition) is 2. The molecule has 0 saturated carbocycles. The number of nitrogens with one attached hydrogen (secondary N) is 1. The number of hydrazone groups is 1. The number of benzene rings is 1. The van der Waals surface area contributed by atoms with Gasteiger partial charge in [0.25, 0.3) is 0 Å². The van der Waals surface area contributed by atoms with Gasteiger partial charge in [-0.1, -0.05) is 37.0 Å². The average molecular weight is 310 g/mol. The van der Waals surface area contributed by atoms with Gasteiger partial charge in [-0.3, -0.25) is 5.43 Å². The molecule has 0 spiro atoms. The number of halogens is 2. The second-order valence-electron chi connectivity index (χ2n) is 3.94. The van der Waals surface area contributed by atoms with Crippen molar-refractivity contribution in [2.45, 2.75) is 18.7 Å². The molecule has 18 heavy (non-hydrogen) atoms. The van der Waals surface area contributed by atoms with Crippen LogP contribution in [0.1, 0.15) is 13.8 Å². The highest BCUT2D eigenvalue weighted by atomic mass is 35.5. The zero-order valence-electron chi connectivity index (χ0n) is 9.81. The summed E-state index contributed by atoms with van der Waals surface area (Å²) in [4.78, 5) is -0.143. The van der Waals surface area contributed by atoms with E-state index in [1.165, 1.54) is 12.1 Å². The smallest absolute Gasteiger partial charge is 0.238 e. The van der Waals surface area contributed by atoms with Gasteiger partial charge in [-0.15, -0.1) is 0 Å². The lowest BCUT2D eigenvalue weighted by Gasteiger charge is -2.08. The summed E-state index contributed by atoms with van der Waals surface area (Å²) in [5, 5.41) is 9.18. The van der Waals surface area contributed by atoms with Gasteiger partial charge in [-0.05, 0) is 18.1 Å². The van der Waals surface area contributed by atoms with Gasteiger partial charge in [-0.2, -0.15) is 5.10 Å². The Hall–Kier alpha value is -0.820. The monoisotopic (exact) mass is 309 g/mol. The third-order valence-corrected chi connectivity index (χ3v) is 3.38. The molecule has 0 aliphatic rings. The molecule has 1 rings (SSSR count). The summed E-state index contributed by atoms with van der Waals surface area (Å²) in [6.45, 7) is 3.91. The minimum Gasteiger partial charge on any atom is -0.276 e. The highest BCUT2D eigenvalue weighted by molar-refractivity contribution is 7.89. The Balaban J connectivity index is 3.10. The third kappa shape index (κ3) is 4.13. The minimum absolute atomic E-state index is 0.132. The van der Waals surface area contributed by atoms with Crippen LogP contribution in [0.4, 0.5) is 5.69 Å². The summed E-state index contributed by atoms with van der Waals surface area (Å²) < 4.78 is 22.3. The first-order chi connectivity index (χ1) is 8.21. The van der Waals surface area contributed by atoms with Crippen molar-refractivity contribution >= 4 is 45.1 Å². The second-order valence-corrected chi connectivity index (χ2v) is 6.32. The van der Waals surface area contributed by atoms with Crippen LogP contribution in [-0.2, 0) is 10.0 Å². The number of sulfonamides is 1. The van der Waals surface area contributed by atoms with E-state index in [0.717, 1.165) is 0 Å². The summed E-state index contributed by atoms with van der Waals surface area (Å²) in [5.41, 5.74) is 3.00. The number of primary sulfonamides is 1. The summed E-state index contributed by atoms with van der Waals surface area (Å²) >= 11 is 11.8. The molecular formula is C10H13Cl2N3O2S. The summed E-state index contributed by atoms with van der Waals surface area (Å²) in [6, 6.07) is 2.44. The highest BCUT2D eigenvalue weighted by Gasteiger charge is 2.14. The van der Waals surface area contributed by atoms with E-state index in [9.17, 15) is 8.42 Å². The molecule has 0 aliphatic heterocycles. The fourth-order valence-electron chi connectivity index (χ4n) is 1.07. The predicted molar refractivity (Wildman–Crippen MR) is 74.8 cm³/mol. The minimum atomic E-state index is -3.83. The van der Waals surface area contributed by atoms with E-state index in [2.05, 4.69) is 10.5 Å². The Morgan fingerprint density at radius 2 is 1.83 bits per heavy atom. The zero-order valence-corrected chi connectivity index (χ0v) is 12.1. The molecule has 0 heterocycles. The van der Waals surface area contributed by atoms with Gasteiger partial charge < -0.3 is 0 Å². The average Bonchev–Trinajstić information content (AvgIpc) is 2.20. The normalized spacial score (nSPS) is 12.3. The Kier molecular flexibility index (Phi) is 4.98. The lowest BCUT2D eigenvalue weighted by atomic mass is 10.3. The molecule has 5 nitrogen and oxygen atoms in total. The van der Waals surface area contributed by atoms with Crippen molar-refractivity contribution in [2.24, 2.45) is 16.2 Å². The number of hydrogen-bond acceptors (Lipinski definition) is 4. The van der Waals surface area contributed by atoms with Crippen LogP contribution in [0.2, 0.25) is 10.0 Å². The molecule has 0 fully saturated rings. The van der Waals surface area contributed by atoms with Crippen molar-refractivity contribution in [3.63, 3.8) is 0 Å². The summed E-state index contributed by atoms with van der Waals surface area (Å²) in [7, 11) is -3.83. The molecule has 0 aromatic heterocycles. The van der Waals surface area contributed by atoms with Crippen molar-refractivity contribution in [1.29, 1.82) is 0 Å². The van der Waals surface area contributed by atoms with E-state index in [1.807, 2.05) is 13.8 Å². The van der Waals surface area contributed by atoms with Crippen LogP contribution in [0.5, 0.6) is 0 Å². The lowest BCUT2D eigenvalue weighted by Crippen LogP contribution is -2.12. The first-order valence-electron chi connectivity index (χ1n) is 5.03. The van der Waals surface area contributed by atoms with Gasteiger partial charge in [0.05, 0.1) is 20.6 Å². The van der Waals surface area contributed by atoms with Gasteiger partial charge in [0.2, 0.25) is 10.0 Å². The van der Waals surface area contributed by atoms with Crippen molar-refractivity contribution in [1.82, 2.24) is 0 Å². The number of nitrogens with two attached hydrogens (primary N) is 1. The van der Waals surface area contributed by atoms with E-state index in [0.29, 0.717) is 5.69 Å². The van der Waals surface area contributed by atoms with Crippen molar-refractivity contribution in [3.05, 3.63) is 22.2 Å². The molecule has 1 aromatic rings. The second kappa shape index (κ2) is 5.88. The standard InChI is InChI=1S/C10H13Cl2N3O2S/c1-6(2)5-14-15-10-8(11)3-7(4-9(10)12)18(13,16)17/h3-6,15H,1-2H3,(H2,13,16,17)/b14-5+. The van der Waals surface area contributed by atoms with Crippen LogP contribution < -0.4 is 10.6 Å². The predicted octanol–water partition coefficient (Wildman–Crippen LogP) is 2.69. The maximum atomic E-state index is 11.2. The highest BCUT2D eigenvalue weighted by Crippen LogP contribution is 2.33. The van der Waals surface area contributed by atoms with Crippen LogP contribution in [-0.4, -0.2) is 14.6 Å². The Morgan fingerprint density at radius 1 is 1.33 bits per heavy atom. The maximum absolute atomic E-state index is 11.2. The van der Waals surface area contributed by atoms with Crippen molar-refractivity contribution < 1.29 is 8.42 Å². The van der Waals surface area contributed by atoms with Gasteiger partial charge >= 0.3 is 0 Å². The van der Waals surface area contributed by atoms with Crippen LogP contribution in [0.3, 0.4) is 0 Å². The SMILES string of the molecule is CC(C)/C=N/Nc1c(Cl)cc(S(N)(=O)=O)cc1Cl. The molecule has 0 amide bonds. The van der Waals surface area contributed by atoms with Crippen LogP contribution in [0, 0.1) is 5.92 Å². The Bertz CT molecular complexity index is 547. The van der Waals surface area contributed by atoms with Gasteiger partial charge in [0.1, 0.15) is 0 Å². The summed E-state index contributed by atoms with van der Waals surface area (Å²) in [6.07, 6.45) is 1.67. The first-order valence-corrected chi connectivity index (χ1v) is 7.33. The third-order valence-electron chi connectivity index (χ3n) is 1.89. The van der Waals surface area contributed by atoms with E-state index in [4.69, 9.17) is 28.3 Å².